The summed E-state index contributed by atoms with van der Waals surface area (Å²) in [5.74, 6) is 0.764. The van der Waals surface area contributed by atoms with E-state index in [9.17, 15) is 0 Å². The fraction of sp³-hybridized carbons (Fsp3) is 1.00. The number of rotatable bonds is 2. The van der Waals surface area contributed by atoms with Crippen LogP contribution in [0, 0.1) is 11.3 Å². The Morgan fingerprint density at radius 2 is 1.59 bits per heavy atom. The Morgan fingerprint density at radius 3 is 2.00 bits per heavy atom. The van der Waals surface area contributed by atoms with Crippen LogP contribution in [0.2, 0.25) is 0 Å². The van der Waals surface area contributed by atoms with Crippen molar-refractivity contribution in [2.45, 2.75) is 66.5 Å². The van der Waals surface area contributed by atoms with Crippen LogP contribution in [0.5, 0.6) is 0 Å². The fourth-order valence-corrected chi connectivity index (χ4v) is 2.36. The molecule has 1 aliphatic heterocycles. The van der Waals surface area contributed by atoms with Gasteiger partial charge < -0.3 is 10.2 Å². The first-order valence-electron chi connectivity index (χ1n) is 7.27. The third kappa shape index (κ3) is 5.39. The van der Waals surface area contributed by atoms with E-state index in [1.165, 1.54) is 32.5 Å². The molecule has 0 amide bonds. The van der Waals surface area contributed by atoms with Gasteiger partial charge in [-0.25, -0.2) is 0 Å². The Balaban J connectivity index is 2.47. The third-order valence-electron chi connectivity index (χ3n) is 4.34. The zero-order valence-electron chi connectivity index (χ0n) is 12.7. The van der Waals surface area contributed by atoms with Crippen LogP contribution < -0.4 is 5.32 Å². The summed E-state index contributed by atoms with van der Waals surface area (Å²) in [6, 6.07) is 1.33. The number of nitrogens with zero attached hydrogens (tertiary/aromatic N) is 1. The molecule has 0 aromatic rings. The van der Waals surface area contributed by atoms with E-state index in [1.54, 1.807) is 0 Å². The van der Waals surface area contributed by atoms with Crippen LogP contribution >= 0.6 is 0 Å². The molecule has 1 rings (SSSR count). The molecule has 0 bridgehead atoms. The molecule has 0 spiro atoms. The third-order valence-corrected chi connectivity index (χ3v) is 4.34. The van der Waals surface area contributed by atoms with Crippen molar-refractivity contribution in [3.63, 3.8) is 0 Å². The molecule has 1 heterocycles. The van der Waals surface area contributed by atoms with E-state index in [4.69, 9.17) is 0 Å². The summed E-state index contributed by atoms with van der Waals surface area (Å²) in [6.45, 7) is 17.8. The van der Waals surface area contributed by atoms with Gasteiger partial charge in [0.25, 0.3) is 0 Å². The summed E-state index contributed by atoms with van der Waals surface area (Å²) in [5, 5.41) is 3.66. The summed E-state index contributed by atoms with van der Waals surface area (Å²) in [6.07, 6.45) is 2.56. The topological polar surface area (TPSA) is 15.3 Å². The van der Waals surface area contributed by atoms with Gasteiger partial charge in [-0.3, -0.25) is 0 Å². The molecule has 3 unspecified atom stereocenters. The van der Waals surface area contributed by atoms with Gasteiger partial charge in [0, 0.05) is 18.6 Å². The van der Waals surface area contributed by atoms with Crippen molar-refractivity contribution in [3.8, 4) is 0 Å². The molecule has 0 aromatic carbocycles. The standard InChI is InChI=1S/C15H32N2/c1-12(15(4,5)6)11-17-9-7-13(2)16-14(3)8-10-17/h12-14,16H,7-11H2,1-6H3. The maximum absolute atomic E-state index is 3.66. The molecule has 0 aromatic heterocycles. The highest BCUT2D eigenvalue weighted by Gasteiger charge is 2.23. The Morgan fingerprint density at radius 1 is 1.12 bits per heavy atom. The second-order valence-electron chi connectivity index (χ2n) is 7.11. The van der Waals surface area contributed by atoms with E-state index in [1.807, 2.05) is 0 Å². The van der Waals surface area contributed by atoms with Crippen LogP contribution in [0.1, 0.15) is 54.4 Å². The lowest BCUT2D eigenvalue weighted by Gasteiger charge is -2.36. The minimum Gasteiger partial charge on any atom is -0.312 e. The number of hydrogen-bond acceptors (Lipinski definition) is 2. The van der Waals surface area contributed by atoms with Gasteiger partial charge in [-0.2, -0.15) is 0 Å². The Hall–Kier alpha value is -0.0800. The molecule has 3 atom stereocenters. The van der Waals surface area contributed by atoms with Crippen molar-refractivity contribution in [3.05, 3.63) is 0 Å². The summed E-state index contributed by atoms with van der Waals surface area (Å²) < 4.78 is 0. The normalized spacial score (nSPS) is 30.7. The van der Waals surface area contributed by atoms with Gasteiger partial charge in [0.15, 0.2) is 0 Å². The SMILES string of the molecule is CC1CCN(CC(C)C(C)(C)C)CCC(C)N1. The van der Waals surface area contributed by atoms with Crippen LogP contribution in [-0.4, -0.2) is 36.6 Å². The van der Waals surface area contributed by atoms with Gasteiger partial charge in [0.2, 0.25) is 0 Å². The zero-order chi connectivity index (χ0) is 13.1. The van der Waals surface area contributed by atoms with Crippen LogP contribution in [0.15, 0.2) is 0 Å². The first kappa shape index (κ1) is 15.0. The summed E-state index contributed by atoms with van der Waals surface area (Å²) in [5.41, 5.74) is 0.428. The average Bonchev–Trinajstić information content (AvgIpc) is 2.18. The van der Waals surface area contributed by atoms with E-state index in [0.29, 0.717) is 17.5 Å². The van der Waals surface area contributed by atoms with Crippen LogP contribution in [0.4, 0.5) is 0 Å². The van der Waals surface area contributed by atoms with E-state index in [2.05, 4.69) is 51.8 Å². The summed E-state index contributed by atoms with van der Waals surface area (Å²) in [7, 11) is 0. The lowest BCUT2D eigenvalue weighted by molar-refractivity contribution is 0.143. The van der Waals surface area contributed by atoms with Crippen molar-refractivity contribution >= 4 is 0 Å². The maximum atomic E-state index is 3.66. The van der Waals surface area contributed by atoms with Gasteiger partial charge in [-0.15, -0.1) is 0 Å². The predicted molar refractivity (Wildman–Crippen MR) is 76.4 cm³/mol. The predicted octanol–water partition coefficient (Wildman–Crippen LogP) is 3.13. The molecule has 0 radical (unpaired) electrons. The molecule has 1 fully saturated rings. The highest BCUT2D eigenvalue weighted by molar-refractivity contribution is 4.78. The molecule has 1 saturated heterocycles. The van der Waals surface area contributed by atoms with Gasteiger partial charge in [-0.1, -0.05) is 27.7 Å². The minimum atomic E-state index is 0.428. The maximum Gasteiger partial charge on any atom is 0.00533 e. The molecule has 17 heavy (non-hydrogen) atoms. The molecule has 0 saturated carbocycles. The van der Waals surface area contributed by atoms with Crippen LogP contribution in [0.25, 0.3) is 0 Å². The largest absolute Gasteiger partial charge is 0.312 e. The number of nitrogens with one attached hydrogen (secondary N) is 1. The highest BCUT2D eigenvalue weighted by Crippen LogP contribution is 2.26. The first-order chi connectivity index (χ1) is 7.79. The van der Waals surface area contributed by atoms with Crippen molar-refractivity contribution in [1.29, 1.82) is 0 Å². The fourth-order valence-electron chi connectivity index (χ4n) is 2.36. The zero-order valence-corrected chi connectivity index (χ0v) is 12.7. The van der Waals surface area contributed by atoms with Gasteiger partial charge in [0.1, 0.15) is 0 Å². The lowest BCUT2D eigenvalue weighted by Crippen LogP contribution is -2.44. The molecular weight excluding hydrogens is 208 g/mol. The van der Waals surface area contributed by atoms with Gasteiger partial charge in [-0.05, 0) is 51.1 Å². The molecular formula is C15H32N2. The average molecular weight is 240 g/mol. The smallest absolute Gasteiger partial charge is 0.00533 e. The van der Waals surface area contributed by atoms with Crippen molar-refractivity contribution in [2.75, 3.05) is 19.6 Å². The first-order valence-corrected chi connectivity index (χ1v) is 7.27. The van der Waals surface area contributed by atoms with Gasteiger partial charge in [0.05, 0.1) is 0 Å². The van der Waals surface area contributed by atoms with Crippen molar-refractivity contribution in [1.82, 2.24) is 10.2 Å². The highest BCUT2D eigenvalue weighted by atomic mass is 15.1. The Labute approximate surface area is 108 Å². The van der Waals surface area contributed by atoms with Crippen LogP contribution in [0.3, 0.4) is 0 Å². The second-order valence-corrected chi connectivity index (χ2v) is 7.11. The van der Waals surface area contributed by atoms with E-state index >= 15 is 0 Å². The summed E-state index contributed by atoms with van der Waals surface area (Å²) in [4.78, 5) is 2.67. The Bertz CT molecular complexity index is 207. The second kappa shape index (κ2) is 6.19. The van der Waals surface area contributed by atoms with E-state index in [-0.39, 0.29) is 0 Å². The Kier molecular flexibility index (Phi) is 5.46. The molecule has 102 valence electrons. The van der Waals surface area contributed by atoms with E-state index < -0.39 is 0 Å². The lowest BCUT2D eigenvalue weighted by atomic mass is 9.81. The summed E-state index contributed by atoms with van der Waals surface area (Å²) >= 11 is 0. The molecule has 2 nitrogen and oxygen atoms in total. The molecule has 2 heteroatoms. The van der Waals surface area contributed by atoms with E-state index in [0.717, 1.165) is 5.92 Å². The quantitative estimate of drug-likeness (QED) is 0.798. The molecule has 1 aliphatic rings. The van der Waals surface area contributed by atoms with Gasteiger partial charge >= 0.3 is 0 Å². The van der Waals surface area contributed by atoms with Crippen molar-refractivity contribution < 1.29 is 0 Å². The monoisotopic (exact) mass is 240 g/mol. The molecule has 1 N–H and O–H groups in total. The molecule has 0 aliphatic carbocycles. The number of hydrogen-bond donors (Lipinski definition) is 1. The van der Waals surface area contributed by atoms with Crippen LogP contribution in [-0.2, 0) is 0 Å². The minimum absolute atomic E-state index is 0.428. The van der Waals surface area contributed by atoms with Crippen molar-refractivity contribution in [2.24, 2.45) is 11.3 Å².